The molecule has 0 aromatic carbocycles. The number of amides is 1. The number of rotatable bonds is 3. The van der Waals surface area contributed by atoms with Crippen LogP contribution in [0.2, 0.25) is 0 Å². The van der Waals surface area contributed by atoms with Crippen molar-refractivity contribution in [1.82, 2.24) is 5.48 Å². The Morgan fingerprint density at radius 2 is 2.43 bits per heavy atom. The second-order valence-corrected chi connectivity index (χ2v) is 4.03. The fourth-order valence-electron chi connectivity index (χ4n) is 0.879. The molecule has 0 aliphatic heterocycles. The molecule has 1 rings (SSSR count). The van der Waals surface area contributed by atoms with Crippen LogP contribution in [0.15, 0.2) is 6.07 Å². The summed E-state index contributed by atoms with van der Waals surface area (Å²) in [6.07, 6.45) is 4.96. The van der Waals surface area contributed by atoms with Crippen molar-refractivity contribution in [2.24, 2.45) is 0 Å². The minimum absolute atomic E-state index is 0.0785. The molecule has 1 heterocycles. The average Bonchev–Trinajstić information content (AvgIpc) is 2.47. The molecular weight excluding hydrogens is 198 g/mol. The Bertz CT molecular complexity index is 356. The van der Waals surface area contributed by atoms with Gasteiger partial charge in [-0.25, -0.2) is 5.48 Å². The fourth-order valence-corrected chi connectivity index (χ4v) is 1.80. The molecule has 0 saturated heterocycles. The molecule has 0 spiro atoms. The fraction of sp³-hybridized carbons (Fsp3) is 0.300. The third kappa shape index (κ3) is 2.59. The smallest absolute Gasteiger partial charge is 0.266 e. The molecule has 1 aromatic rings. The van der Waals surface area contributed by atoms with Gasteiger partial charge in [0, 0.05) is 4.88 Å². The van der Waals surface area contributed by atoms with Gasteiger partial charge in [-0.2, -0.15) is 0 Å². The highest BCUT2D eigenvalue weighted by atomic mass is 32.1. The minimum atomic E-state index is -0.249. The molecule has 1 aromatic heterocycles. The minimum Gasteiger partial charge on any atom is -0.266 e. The molecular formula is C10H11NO2S. The summed E-state index contributed by atoms with van der Waals surface area (Å²) in [5.74, 6) is 2.01. The maximum atomic E-state index is 11.4. The van der Waals surface area contributed by atoms with E-state index in [9.17, 15) is 4.79 Å². The van der Waals surface area contributed by atoms with Gasteiger partial charge in [0.25, 0.3) is 5.91 Å². The zero-order valence-electron chi connectivity index (χ0n) is 8.09. The standard InChI is InChI=1S/C10H11NO2S/c1-4-5-13-11-10(12)9-6-7(2)8(3)14-9/h1,6H,5H2,2-3H3,(H,11,12). The van der Waals surface area contributed by atoms with Crippen LogP contribution in [0.3, 0.4) is 0 Å². The summed E-state index contributed by atoms with van der Waals surface area (Å²) >= 11 is 1.44. The van der Waals surface area contributed by atoms with E-state index < -0.39 is 0 Å². The summed E-state index contributed by atoms with van der Waals surface area (Å²) in [6, 6.07) is 1.83. The van der Waals surface area contributed by atoms with E-state index in [0.29, 0.717) is 4.88 Å². The molecule has 1 amide bonds. The lowest BCUT2D eigenvalue weighted by Crippen LogP contribution is -2.22. The zero-order valence-corrected chi connectivity index (χ0v) is 8.90. The number of nitrogens with one attached hydrogen (secondary N) is 1. The van der Waals surface area contributed by atoms with Crippen molar-refractivity contribution in [1.29, 1.82) is 0 Å². The normalized spacial score (nSPS) is 9.50. The van der Waals surface area contributed by atoms with E-state index in [1.54, 1.807) is 0 Å². The van der Waals surface area contributed by atoms with Gasteiger partial charge in [0.15, 0.2) is 0 Å². The predicted molar refractivity (Wildman–Crippen MR) is 56.0 cm³/mol. The topological polar surface area (TPSA) is 38.3 Å². The predicted octanol–water partition coefficient (Wildman–Crippen LogP) is 1.66. The van der Waals surface area contributed by atoms with Crippen molar-refractivity contribution in [3.8, 4) is 12.3 Å². The van der Waals surface area contributed by atoms with Gasteiger partial charge in [-0.1, -0.05) is 5.92 Å². The highest BCUT2D eigenvalue weighted by molar-refractivity contribution is 7.14. The number of hydroxylamine groups is 1. The lowest BCUT2D eigenvalue weighted by molar-refractivity contribution is 0.0442. The van der Waals surface area contributed by atoms with Crippen molar-refractivity contribution in [2.75, 3.05) is 6.61 Å². The number of hydrogen-bond acceptors (Lipinski definition) is 3. The molecule has 0 bridgehead atoms. The molecule has 0 aliphatic carbocycles. The number of hydrogen-bond donors (Lipinski definition) is 1. The summed E-state index contributed by atoms with van der Waals surface area (Å²) in [6.45, 7) is 4.01. The van der Waals surface area contributed by atoms with Gasteiger partial charge in [-0.3, -0.25) is 9.63 Å². The Labute approximate surface area is 87.0 Å². The number of terminal acetylenes is 1. The van der Waals surface area contributed by atoms with Crippen molar-refractivity contribution in [2.45, 2.75) is 13.8 Å². The van der Waals surface area contributed by atoms with Crippen LogP contribution >= 0.6 is 11.3 Å². The van der Waals surface area contributed by atoms with Crippen molar-refractivity contribution in [3.05, 3.63) is 21.4 Å². The first-order valence-electron chi connectivity index (χ1n) is 4.07. The van der Waals surface area contributed by atoms with Crippen LogP contribution in [0.5, 0.6) is 0 Å². The Kier molecular flexibility index (Phi) is 3.69. The van der Waals surface area contributed by atoms with E-state index in [4.69, 9.17) is 11.3 Å². The first kappa shape index (κ1) is 10.8. The summed E-state index contributed by atoms with van der Waals surface area (Å²) in [5.41, 5.74) is 3.38. The molecule has 3 nitrogen and oxygen atoms in total. The third-order valence-corrected chi connectivity index (χ3v) is 2.86. The van der Waals surface area contributed by atoms with E-state index in [0.717, 1.165) is 10.4 Å². The number of carbonyl (C=O) groups is 1. The van der Waals surface area contributed by atoms with Gasteiger partial charge in [-0.15, -0.1) is 17.8 Å². The molecule has 0 atom stereocenters. The monoisotopic (exact) mass is 209 g/mol. The molecule has 0 unspecified atom stereocenters. The Morgan fingerprint density at radius 1 is 1.71 bits per heavy atom. The van der Waals surface area contributed by atoms with Gasteiger partial charge in [0.05, 0.1) is 4.88 Å². The van der Waals surface area contributed by atoms with Crippen molar-refractivity contribution in [3.63, 3.8) is 0 Å². The maximum Gasteiger partial charge on any atom is 0.284 e. The zero-order chi connectivity index (χ0) is 10.6. The van der Waals surface area contributed by atoms with Gasteiger partial charge in [0.2, 0.25) is 0 Å². The number of aryl methyl sites for hydroxylation is 2. The maximum absolute atomic E-state index is 11.4. The highest BCUT2D eigenvalue weighted by Crippen LogP contribution is 2.20. The van der Waals surface area contributed by atoms with Crippen LogP contribution in [-0.4, -0.2) is 12.5 Å². The average molecular weight is 209 g/mol. The van der Waals surface area contributed by atoms with E-state index in [2.05, 4.69) is 11.4 Å². The summed E-state index contributed by atoms with van der Waals surface area (Å²) in [7, 11) is 0. The second-order valence-electron chi connectivity index (χ2n) is 2.77. The second kappa shape index (κ2) is 4.80. The highest BCUT2D eigenvalue weighted by Gasteiger charge is 2.09. The first-order valence-corrected chi connectivity index (χ1v) is 4.89. The van der Waals surface area contributed by atoms with Crippen LogP contribution in [0, 0.1) is 26.2 Å². The Hall–Kier alpha value is -1.31. The quantitative estimate of drug-likeness (QED) is 0.467. The Morgan fingerprint density at radius 3 is 2.93 bits per heavy atom. The van der Waals surface area contributed by atoms with Crippen LogP contribution < -0.4 is 5.48 Å². The van der Waals surface area contributed by atoms with Gasteiger partial charge in [-0.05, 0) is 25.5 Å². The summed E-state index contributed by atoms with van der Waals surface area (Å²) < 4.78 is 0. The molecule has 0 radical (unpaired) electrons. The van der Waals surface area contributed by atoms with Gasteiger partial charge in [0.1, 0.15) is 6.61 Å². The summed E-state index contributed by atoms with van der Waals surface area (Å²) in [4.78, 5) is 17.9. The molecule has 0 saturated carbocycles. The van der Waals surface area contributed by atoms with Gasteiger partial charge < -0.3 is 0 Å². The van der Waals surface area contributed by atoms with Gasteiger partial charge >= 0.3 is 0 Å². The van der Waals surface area contributed by atoms with Crippen LogP contribution in [0.25, 0.3) is 0 Å². The molecule has 0 fully saturated rings. The van der Waals surface area contributed by atoms with Crippen molar-refractivity contribution < 1.29 is 9.63 Å². The largest absolute Gasteiger partial charge is 0.284 e. The van der Waals surface area contributed by atoms with E-state index >= 15 is 0 Å². The number of carbonyl (C=O) groups excluding carboxylic acids is 1. The summed E-state index contributed by atoms with van der Waals surface area (Å²) in [5, 5.41) is 0. The molecule has 4 heteroatoms. The molecule has 0 aliphatic rings. The number of thiophene rings is 1. The molecule has 1 N–H and O–H groups in total. The van der Waals surface area contributed by atoms with E-state index in [1.165, 1.54) is 11.3 Å². The van der Waals surface area contributed by atoms with Crippen LogP contribution in [0.4, 0.5) is 0 Å². The van der Waals surface area contributed by atoms with E-state index in [-0.39, 0.29) is 12.5 Å². The lowest BCUT2D eigenvalue weighted by atomic mass is 10.3. The van der Waals surface area contributed by atoms with Crippen LogP contribution in [-0.2, 0) is 4.84 Å². The first-order chi connectivity index (χ1) is 6.65. The SMILES string of the molecule is C#CCONC(=O)c1cc(C)c(C)s1. The Balaban J connectivity index is 2.57. The molecule has 74 valence electrons. The van der Waals surface area contributed by atoms with E-state index in [1.807, 2.05) is 19.9 Å². The third-order valence-electron chi connectivity index (χ3n) is 1.71. The van der Waals surface area contributed by atoms with Crippen molar-refractivity contribution >= 4 is 17.2 Å². The van der Waals surface area contributed by atoms with Crippen LogP contribution in [0.1, 0.15) is 20.1 Å². The molecule has 14 heavy (non-hydrogen) atoms. The lowest BCUT2D eigenvalue weighted by Gasteiger charge is -1.99.